The Hall–Kier alpha value is -0.630. The van der Waals surface area contributed by atoms with Crippen molar-refractivity contribution < 1.29 is 9.53 Å². The molecule has 1 saturated carbocycles. The first-order chi connectivity index (χ1) is 6.64. The molecular weight excluding hydrogens is 176 g/mol. The summed E-state index contributed by atoms with van der Waals surface area (Å²) in [5, 5.41) is 0. The van der Waals surface area contributed by atoms with Crippen LogP contribution in [0.1, 0.15) is 33.1 Å². The highest BCUT2D eigenvalue weighted by atomic mass is 16.6. The van der Waals surface area contributed by atoms with Gasteiger partial charge in [-0.15, -0.1) is 0 Å². The SMILES string of the molecule is C[C@@H]1CCC=C2C(=O)C[C@H]3O[C@H]3[C@]21C. The summed E-state index contributed by atoms with van der Waals surface area (Å²) in [4.78, 5) is 11.9. The van der Waals surface area contributed by atoms with Crippen LogP contribution in [0.25, 0.3) is 0 Å². The van der Waals surface area contributed by atoms with Crippen molar-refractivity contribution >= 4 is 5.78 Å². The molecule has 1 aliphatic heterocycles. The van der Waals surface area contributed by atoms with E-state index in [1.165, 1.54) is 6.42 Å². The highest BCUT2D eigenvalue weighted by Crippen LogP contribution is 2.56. The molecule has 76 valence electrons. The van der Waals surface area contributed by atoms with E-state index in [0.29, 0.717) is 24.2 Å². The van der Waals surface area contributed by atoms with E-state index < -0.39 is 0 Å². The lowest BCUT2D eigenvalue weighted by Crippen LogP contribution is -2.43. The topological polar surface area (TPSA) is 29.6 Å². The maximum atomic E-state index is 11.9. The first-order valence-corrected chi connectivity index (χ1v) is 5.53. The average Bonchev–Trinajstić information content (AvgIpc) is 2.88. The van der Waals surface area contributed by atoms with Gasteiger partial charge in [0.15, 0.2) is 5.78 Å². The van der Waals surface area contributed by atoms with Crippen LogP contribution in [0.3, 0.4) is 0 Å². The molecule has 0 aromatic rings. The van der Waals surface area contributed by atoms with E-state index >= 15 is 0 Å². The van der Waals surface area contributed by atoms with Crippen molar-refractivity contribution in [3.8, 4) is 0 Å². The first kappa shape index (κ1) is 8.66. The Kier molecular flexibility index (Phi) is 1.54. The van der Waals surface area contributed by atoms with Crippen LogP contribution in [0.4, 0.5) is 0 Å². The zero-order chi connectivity index (χ0) is 9.92. The van der Waals surface area contributed by atoms with E-state index in [-0.39, 0.29) is 11.5 Å². The maximum absolute atomic E-state index is 11.9. The van der Waals surface area contributed by atoms with Crippen molar-refractivity contribution in [3.05, 3.63) is 11.6 Å². The van der Waals surface area contributed by atoms with Crippen LogP contribution in [-0.4, -0.2) is 18.0 Å². The Balaban J connectivity index is 2.08. The van der Waals surface area contributed by atoms with E-state index in [9.17, 15) is 4.79 Å². The fourth-order valence-electron chi connectivity index (χ4n) is 3.23. The van der Waals surface area contributed by atoms with Crippen LogP contribution in [0.5, 0.6) is 0 Å². The van der Waals surface area contributed by atoms with E-state index in [1.807, 2.05) is 0 Å². The standard InChI is InChI=1S/C12H16O2/c1-7-4-3-5-8-9(13)6-10-11(14-10)12(7,8)2/h5,7,10-11H,3-4,6H2,1-2H3/t7-,10-,11-,12+/m1/s1. The molecule has 0 amide bonds. The lowest BCUT2D eigenvalue weighted by Gasteiger charge is -2.41. The van der Waals surface area contributed by atoms with Crippen molar-refractivity contribution in [2.45, 2.75) is 45.3 Å². The number of fused-ring (bicyclic) bond motifs is 3. The van der Waals surface area contributed by atoms with Crippen LogP contribution in [0.2, 0.25) is 0 Å². The zero-order valence-corrected chi connectivity index (χ0v) is 8.75. The summed E-state index contributed by atoms with van der Waals surface area (Å²) in [5.41, 5.74) is 1.09. The highest BCUT2D eigenvalue weighted by molar-refractivity contribution is 5.99. The molecule has 2 nitrogen and oxygen atoms in total. The molecule has 3 rings (SSSR count). The van der Waals surface area contributed by atoms with Gasteiger partial charge in [0.2, 0.25) is 0 Å². The molecule has 0 bridgehead atoms. The van der Waals surface area contributed by atoms with E-state index in [4.69, 9.17) is 4.74 Å². The van der Waals surface area contributed by atoms with Gasteiger partial charge in [0, 0.05) is 17.4 Å². The van der Waals surface area contributed by atoms with Gasteiger partial charge in [-0.05, 0) is 18.8 Å². The molecule has 0 spiro atoms. The molecule has 14 heavy (non-hydrogen) atoms. The van der Waals surface area contributed by atoms with Crippen LogP contribution >= 0.6 is 0 Å². The lowest BCUT2D eigenvalue weighted by atomic mass is 9.60. The molecule has 1 heterocycles. The molecule has 3 aliphatic rings. The molecule has 2 aliphatic carbocycles. The Morgan fingerprint density at radius 3 is 3.14 bits per heavy atom. The van der Waals surface area contributed by atoms with Crippen LogP contribution in [-0.2, 0) is 9.53 Å². The largest absolute Gasteiger partial charge is 0.368 e. The number of ether oxygens (including phenoxy) is 1. The lowest BCUT2D eigenvalue weighted by molar-refractivity contribution is -0.118. The molecule has 4 atom stereocenters. The average molecular weight is 192 g/mol. The number of epoxide rings is 1. The Morgan fingerprint density at radius 2 is 2.36 bits per heavy atom. The Morgan fingerprint density at radius 1 is 1.57 bits per heavy atom. The molecular formula is C12H16O2. The minimum atomic E-state index is 0.0260. The summed E-state index contributed by atoms with van der Waals surface area (Å²) < 4.78 is 5.63. The molecule has 1 saturated heterocycles. The van der Waals surface area contributed by atoms with Gasteiger partial charge in [-0.25, -0.2) is 0 Å². The second kappa shape index (κ2) is 2.48. The molecule has 2 fully saturated rings. The third-order valence-electron chi connectivity index (χ3n) is 4.41. The highest BCUT2D eigenvalue weighted by Gasteiger charge is 2.61. The molecule has 0 N–H and O–H groups in total. The third kappa shape index (κ3) is 0.876. The molecule has 0 aromatic heterocycles. The number of rotatable bonds is 0. The van der Waals surface area contributed by atoms with Gasteiger partial charge >= 0.3 is 0 Å². The normalized spacial score (nSPS) is 50.6. The van der Waals surface area contributed by atoms with Crippen molar-refractivity contribution in [1.82, 2.24) is 0 Å². The summed E-state index contributed by atoms with van der Waals surface area (Å²) in [6, 6.07) is 0. The van der Waals surface area contributed by atoms with Crippen molar-refractivity contribution in [2.75, 3.05) is 0 Å². The molecule has 0 unspecified atom stereocenters. The number of carbonyl (C=O) groups excluding carboxylic acids is 1. The minimum absolute atomic E-state index is 0.0260. The fourth-order valence-corrected chi connectivity index (χ4v) is 3.23. The second-order valence-electron chi connectivity index (χ2n) is 5.10. The summed E-state index contributed by atoms with van der Waals surface area (Å²) in [6.07, 6.45) is 5.61. The van der Waals surface area contributed by atoms with Crippen molar-refractivity contribution in [1.29, 1.82) is 0 Å². The number of Topliss-reactive ketones (excluding diaryl/α,β-unsaturated/α-hetero) is 1. The van der Waals surface area contributed by atoms with E-state index in [0.717, 1.165) is 12.0 Å². The number of carbonyl (C=O) groups is 1. The Labute approximate surface area is 84.3 Å². The fraction of sp³-hybridized carbons (Fsp3) is 0.750. The third-order valence-corrected chi connectivity index (χ3v) is 4.41. The summed E-state index contributed by atoms with van der Waals surface area (Å²) in [6.45, 7) is 4.47. The monoisotopic (exact) mass is 192 g/mol. The molecule has 0 radical (unpaired) electrons. The first-order valence-electron chi connectivity index (χ1n) is 5.53. The van der Waals surface area contributed by atoms with Crippen molar-refractivity contribution in [3.63, 3.8) is 0 Å². The summed E-state index contributed by atoms with van der Waals surface area (Å²) in [5.74, 6) is 0.916. The summed E-state index contributed by atoms with van der Waals surface area (Å²) in [7, 11) is 0. The van der Waals surface area contributed by atoms with Crippen LogP contribution < -0.4 is 0 Å². The van der Waals surface area contributed by atoms with Gasteiger partial charge in [-0.3, -0.25) is 4.79 Å². The number of ketones is 1. The van der Waals surface area contributed by atoms with Gasteiger partial charge < -0.3 is 4.74 Å². The second-order valence-corrected chi connectivity index (χ2v) is 5.10. The van der Waals surface area contributed by atoms with E-state index in [2.05, 4.69) is 19.9 Å². The van der Waals surface area contributed by atoms with Crippen LogP contribution in [0.15, 0.2) is 11.6 Å². The van der Waals surface area contributed by atoms with E-state index in [1.54, 1.807) is 0 Å². The number of hydrogen-bond donors (Lipinski definition) is 0. The van der Waals surface area contributed by atoms with Crippen molar-refractivity contribution in [2.24, 2.45) is 11.3 Å². The smallest absolute Gasteiger partial charge is 0.161 e. The van der Waals surface area contributed by atoms with Gasteiger partial charge in [0.1, 0.15) is 0 Å². The minimum Gasteiger partial charge on any atom is -0.368 e. The number of hydrogen-bond acceptors (Lipinski definition) is 2. The maximum Gasteiger partial charge on any atom is 0.161 e. The van der Waals surface area contributed by atoms with Gasteiger partial charge in [0.05, 0.1) is 12.2 Å². The predicted molar refractivity (Wildman–Crippen MR) is 52.9 cm³/mol. The number of allylic oxidation sites excluding steroid dienone is 1. The summed E-state index contributed by atoms with van der Waals surface area (Å²) >= 11 is 0. The van der Waals surface area contributed by atoms with Gasteiger partial charge in [-0.1, -0.05) is 19.9 Å². The quantitative estimate of drug-likeness (QED) is 0.550. The Bertz CT molecular complexity index is 331. The van der Waals surface area contributed by atoms with Gasteiger partial charge in [-0.2, -0.15) is 0 Å². The van der Waals surface area contributed by atoms with Crippen LogP contribution in [0, 0.1) is 11.3 Å². The van der Waals surface area contributed by atoms with Gasteiger partial charge in [0.25, 0.3) is 0 Å². The predicted octanol–water partition coefficient (Wildman–Crippen LogP) is 2.09. The molecule has 2 heteroatoms. The molecule has 0 aromatic carbocycles. The zero-order valence-electron chi connectivity index (χ0n) is 8.75.